The molecule has 0 aliphatic heterocycles. The second kappa shape index (κ2) is 6.63. The number of alkyl halides is 3. The topological polar surface area (TPSA) is 43.4 Å². The largest absolute Gasteiger partial charge is 0.534 e. The van der Waals surface area contributed by atoms with E-state index >= 15 is 0 Å². The first-order valence-electron chi connectivity index (χ1n) is 6.46. The molecular weight excluding hydrogens is 281 g/mol. The Morgan fingerprint density at radius 3 is 2.53 bits per heavy atom. The summed E-state index contributed by atoms with van der Waals surface area (Å²) in [5.74, 6) is 0.344. The molecule has 0 N–H and O–H groups in total. The third-order valence-corrected chi connectivity index (χ3v) is 4.19. The van der Waals surface area contributed by atoms with E-state index in [0.717, 1.165) is 25.7 Å². The monoisotopic (exact) mass is 300 g/mol. The number of halogens is 3. The van der Waals surface area contributed by atoms with Crippen molar-refractivity contribution in [3.8, 4) is 0 Å². The van der Waals surface area contributed by atoms with Crippen LogP contribution in [0.25, 0.3) is 0 Å². The minimum atomic E-state index is -5.50. The van der Waals surface area contributed by atoms with Crippen LogP contribution in [0.2, 0.25) is 0 Å². The second-order valence-electron chi connectivity index (χ2n) is 4.79. The van der Waals surface area contributed by atoms with Gasteiger partial charge in [-0.1, -0.05) is 32.6 Å². The van der Waals surface area contributed by atoms with E-state index in [2.05, 4.69) is 11.1 Å². The Morgan fingerprint density at radius 2 is 2.05 bits per heavy atom. The second-order valence-corrected chi connectivity index (χ2v) is 6.33. The number of allylic oxidation sites excluding steroid dienone is 2. The van der Waals surface area contributed by atoms with Crippen LogP contribution in [-0.4, -0.2) is 13.9 Å². The predicted octanol–water partition coefficient (Wildman–Crippen LogP) is 4.12. The van der Waals surface area contributed by atoms with E-state index in [0.29, 0.717) is 18.8 Å². The Morgan fingerprint density at radius 1 is 1.37 bits per heavy atom. The van der Waals surface area contributed by atoms with Gasteiger partial charge in [-0.3, -0.25) is 0 Å². The standard InChI is InChI=1S/C12H19F3O3S/c1-2-3-4-5-10-6-8-11(9-7-10)18-19(16,17)12(13,14)15/h8,10H,2-7,9H2,1H3. The Hall–Kier alpha value is -0.720. The fourth-order valence-electron chi connectivity index (χ4n) is 2.07. The first-order chi connectivity index (χ1) is 8.76. The molecule has 7 heteroatoms. The van der Waals surface area contributed by atoms with E-state index in [1.54, 1.807) is 0 Å². The molecule has 0 fully saturated rings. The highest BCUT2D eigenvalue weighted by atomic mass is 32.2. The maximum Gasteiger partial charge on any atom is 0.534 e. The van der Waals surface area contributed by atoms with Crippen molar-refractivity contribution in [3.05, 3.63) is 11.8 Å². The van der Waals surface area contributed by atoms with Crippen molar-refractivity contribution in [1.29, 1.82) is 0 Å². The van der Waals surface area contributed by atoms with Crippen LogP contribution in [0, 0.1) is 5.92 Å². The molecule has 0 amide bonds. The normalized spacial score (nSPS) is 21.1. The fourth-order valence-corrected chi connectivity index (χ4v) is 2.60. The first kappa shape index (κ1) is 16.3. The van der Waals surface area contributed by atoms with Gasteiger partial charge in [-0.2, -0.15) is 21.6 Å². The smallest absolute Gasteiger partial charge is 0.381 e. The zero-order chi connectivity index (χ0) is 14.5. The summed E-state index contributed by atoms with van der Waals surface area (Å²) in [6.45, 7) is 2.11. The van der Waals surface area contributed by atoms with Crippen LogP contribution in [0.3, 0.4) is 0 Å². The van der Waals surface area contributed by atoms with Gasteiger partial charge in [0.25, 0.3) is 0 Å². The Kier molecular flexibility index (Phi) is 5.70. The molecule has 0 spiro atoms. The van der Waals surface area contributed by atoms with Gasteiger partial charge in [-0.05, 0) is 24.8 Å². The third kappa shape index (κ3) is 5.04. The molecular formula is C12H19F3O3S. The zero-order valence-electron chi connectivity index (χ0n) is 10.9. The molecule has 0 heterocycles. The summed E-state index contributed by atoms with van der Waals surface area (Å²) in [6.07, 6.45) is 7.41. The molecule has 112 valence electrons. The van der Waals surface area contributed by atoms with Crippen LogP contribution in [0.15, 0.2) is 11.8 Å². The zero-order valence-corrected chi connectivity index (χ0v) is 11.7. The van der Waals surface area contributed by atoms with Crippen molar-refractivity contribution >= 4 is 10.1 Å². The summed E-state index contributed by atoms with van der Waals surface area (Å²) in [5.41, 5.74) is -5.36. The number of hydrogen-bond donors (Lipinski definition) is 0. The van der Waals surface area contributed by atoms with Gasteiger partial charge < -0.3 is 4.18 Å². The first-order valence-corrected chi connectivity index (χ1v) is 7.87. The molecule has 1 aliphatic carbocycles. The lowest BCUT2D eigenvalue weighted by molar-refractivity contribution is -0.0524. The molecule has 0 bridgehead atoms. The van der Waals surface area contributed by atoms with Gasteiger partial charge in [-0.25, -0.2) is 0 Å². The summed E-state index contributed by atoms with van der Waals surface area (Å²) in [7, 11) is -5.50. The van der Waals surface area contributed by atoms with E-state index in [1.165, 1.54) is 6.08 Å². The van der Waals surface area contributed by atoms with Crippen LogP contribution in [0.4, 0.5) is 13.2 Å². The van der Waals surface area contributed by atoms with Gasteiger partial charge in [-0.15, -0.1) is 0 Å². The molecule has 1 aliphatic rings. The van der Waals surface area contributed by atoms with Crippen molar-refractivity contribution in [2.75, 3.05) is 0 Å². The lowest BCUT2D eigenvalue weighted by atomic mass is 9.89. The Bertz CT molecular complexity index is 412. The quantitative estimate of drug-likeness (QED) is 0.421. The van der Waals surface area contributed by atoms with E-state index in [4.69, 9.17) is 0 Å². The molecule has 19 heavy (non-hydrogen) atoms. The lowest BCUT2D eigenvalue weighted by Gasteiger charge is -2.21. The average Bonchev–Trinajstić information content (AvgIpc) is 2.30. The maximum absolute atomic E-state index is 12.1. The molecule has 3 nitrogen and oxygen atoms in total. The van der Waals surface area contributed by atoms with E-state index in [1.807, 2.05) is 0 Å². The van der Waals surface area contributed by atoms with Gasteiger partial charge in [0.05, 0.1) is 0 Å². The summed E-state index contributed by atoms with van der Waals surface area (Å²) in [5, 5.41) is 0. The highest BCUT2D eigenvalue weighted by Gasteiger charge is 2.48. The van der Waals surface area contributed by atoms with Gasteiger partial charge in [0.2, 0.25) is 0 Å². The molecule has 0 saturated carbocycles. The molecule has 1 atom stereocenters. The fraction of sp³-hybridized carbons (Fsp3) is 0.833. The summed E-state index contributed by atoms with van der Waals surface area (Å²) in [4.78, 5) is 0. The van der Waals surface area contributed by atoms with Crippen molar-refractivity contribution in [2.45, 2.75) is 57.4 Å². The number of rotatable bonds is 6. The summed E-state index contributed by atoms with van der Waals surface area (Å²) >= 11 is 0. The van der Waals surface area contributed by atoms with Crippen molar-refractivity contribution < 1.29 is 25.8 Å². The molecule has 0 aromatic rings. The number of hydrogen-bond acceptors (Lipinski definition) is 3. The molecule has 1 unspecified atom stereocenters. The highest BCUT2D eigenvalue weighted by molar-refractivity contribution is 7.87. The van der Waals surface area contributed by atoms with Gasteiger partial charge in [0.1, 0.15) is 5.76 Å². The number of unbranched alkanes of at least 4 members (excludes halogenated alkanes) is 2. The van der Waals surface area contributed by atoms with Crippen molar-refractivity contribution in [2.24, 2.45) is 5.92 Å². The highest BCUT2D eigenvalue weighted by Crippen LogP contribution is 2.32. The van der Waals surface area contributed by atoms with Crippen LogP contribution >= 0.6 is 0 Å². The van der Waals surface area contributed by atoms with Crippen LogP contribution in [0.5, 0.6) is 0 Å². The molecule has 0 aromatic carbocycles. The Labute approximate surface area is 112 Å². The predicted molar refractivity (Wildman–Crippen MR) is 65.6 cm³/mol. The van der Waals surface area contributed by atoms with Gasteiger partial charge in [0.15, 0.2) is 0 Å². The SMILES string of the molecule is CCCCCC1CC=C(OS(=O)(=O)C(F)(F)F)CC1. The summed E-state index contributed by atoms with van der Waals surface area (Å²) in [6, 6.07) is 0. The van der Waals surface area contributed by atoms with Crippen LogP contribution in [-0.2, 0) is 14.3 Å². The maximum atomic E-state index is 12.1. The Balaban J connectivity index is 2.48. The van der Waals surface area contributed by atoms with E-state index < -0.39 is 15.6 Å². The van der Waals surface area contributed by atoms with Crippen LogP contribution in [0.1, 0.15) is 51.9 Å². The van der Waals surface area contributed by atoms with E-state index in [9.17, 15) is 21.6 Å². The molecule has 0 radical (unpaired) electrons. The molecule has 0 saturated heterocycles. The lowest BCUT2D eigenvalue weighted by Crippen LogP contribution is -2.26. The van der Waals surface area contributed by atoms with Gasteiger partial charge in [0, 0.05) is 6.42 Å². The molecule has 1 rings (SSSR count). The third-order valence-electron chi connectivity index (χ3n) is 3.19. The minimum Gasteiger partial charge on any atom is -0.381 e. The van der Waals surface area contributed by atoms with Crippen molar-refractivity contribution in [3.63, 3.8) is 0 Å². The van der Waals surface area contributed by atoms with Crippen molar-refractivity contribution in [1.82, 2.24) is 0 Å². The van der Waals surface area contributed by atoms with Crippen LogP contribution < -0.4 is 0 Å². The van der Waals surface area contributed by atoms with E-state index in [-0.39, 0.29) is 12.2 Å². The molecule has 0 aromatic heterocycles. The van der Waals surface area contributed by atoms with Gasteiger partial charge >= 0.3 is 15.6 Å². The summed E-state index contributed by atoms with van der Waals surface area (Å²) < 4.78 is 62.2. The minimum absolute atomic E-state index is 0.0796. The average molecular weight is 300 g/mol.